The summed E-state index contributed by atoms with van der Waals surface area (Å²) in [5.41, 5.74) is 3.56. The lowest BCUT2D eigenvalue weighted by Crippen LogP contribution is -2.47. The van der Waals surface area contributed by atoms with E-state index < -0.39 is 0 Å². The molecule has 1 saturated heterocycles. The number of pyridine rings is 1. The number of hydrogen-bond acceptors (Lipinski definition) is 3. The minimum atomic E-state index is -0.0575. The minimum Gasteiger partial charge on any atom is -0.342 e. The normalized spacial score (nSPS) is 22.6. The predicted molar refractivity (Wildman–Crippen MR) is 92.1 cm³/mol. The Morgan fingerprint density at radius 2 is 2.38 bits per heavy atom. The number of nitrogens with zero attached hydrogens (tertiary/aromatic N) is 4. The van der Waals surface area contributed by atoms with E-state index in [1.807, 2.05) is 17.2 Å². The molecule has 1 amide bonds. The Kier molecular flexibility index (Phi) is 3.61. The van der Waals surface area contributed by atoms with E-state index in [0.717, 1.165) is 36.9 Å². The largest absolute Gasteiger partial charge is 0.342 e. The number of amides is 1. The zero-order valence-corrected chi connectivity index (χ0v) is 13.8. The van der Waals surface area contributed by atoms with Crippen LogP contribution in [0.15, 0.2) is 24.5 Å². The fourth-order valence-electron chi connectivity index (χ4n) is 4.13. The molecule has 122 valence electrons. The van der Waals surface area contributed by atoms with Gasteiger partial charge in [-0.25, -0.2) is 0 Å². The van der Waals surface area contributed by atoms with Crippen LogP contribution in [-0.2, 0) is 11.2 Å². The van der Waals surface area contributed by atoms with Crippen molar-refractivity contribution in [1.29, 1.82) is 5.26 Å². The van der Waals surface area contributed by atoms with Gasteiger partial charge in [0.15, 0.2) is 0 Å². The molecule has 1 fully saturated rings. The van der Waals surface area contributed by atoms with Gasteiger partial charge in [0, 0.05) is 42.4 Å². The van der Waals surface area contributed by atoms with Crippen molar-refractivity contribution >= 4 is 22.9 Å². The summed E-state index contributed by atoms with van der Waals surface area (Å²) in [6.45, 7) is 2.85. The molecule has 24 heavy (non-hydrogen) atoms. The Hall–Kier alpha value is -2.61. The third-order valence-electron chi connectivity index (χ3n) is 5.32. The first-order valence-corrected chi connectivity index (χ1v) is 8.52. The molecule has 2 aliphatic rings. The predicted octanol–water partition coefficient (Wildman–Crippen LogP) is 3.07. The highest BCUT2D eigenvalue weighted by molar-refractivity contribution is 5.90. The van der Waals surface area contributed by atoms with E-state index in [-0.39, 0.29) is 24.4 Å². The molecule has 0 spiro atoms. The summed E-state index contributed by atoms with van der Waals surface area (Å²) in [6.07, 6.45) is 11.3. The number of piperidine rings is 1. The van der Waals surface area contributed by atoms with Gasteiger partial charge in [-0.15, -0.1) is 0 Å². The lowest BCUT2D eigenvalue weighted by atomic mass is 9.96. The Balaban J connectivity index is 1.75. The van der Waals surface area contributed by atoms with Crippen molar-refractivity contribution < 1.29 is 4.79 Å². The van der Waals surface area contributed by atoms with E-state index in [2.05, 4.69) is 40.9 Å². The van der Waals surface area contributed by atoms with Gasteiger partial charge >= 0.3 is 0 Å². The SMILES string of the molecule is C[C@@H]1[C@H](n2ccc3cnc4c(c32)C=CC4)CCCN1C(=O)CC#N. The van der Waals surface area contributed by atoms with Crippen LogP contribution in [0.5, 0.6) is 0 Å². The molecule has 0 bridgehead atoms. The van der Waals surface area contributed by atoms with Gasteiger partial charge in [0.25, 0.3) is 0 Å². The summed E-state index contributed by atoms with van der Waals surface area (Å²) >= 11 is 0. The number of likely N-dealkylation sites (tertiary alicyclic amines) is 1. The maximum atomic E-state index is 12.2. The summed E-state index contributed by atoms with van der Waals surface area (Å²) in [5.74, 6) is -0.0575. The second kappa shape index (κ2) is 5.79. The van der Waals surface area contributed by atoms with Crippen molar-refractivity contribution in [3.63, 3.8) is 0 Å². The molecule has 2 aromatic heterocycles. The molecule has 4 rings (SSSR count). The molecule has 0 radical (unpaired) electrons. The zero-order chi connectivity index (χ0) is 16.7. The topological polar surface area (TPSA) is 61.9 Å². The van der Waals surface area contributed by atoms with Gasteiger partial charge in [-0.3, -0.25) is 9.78 Å². The number of aromatic nitrogens is 2. The molecule has 3 heterocycles. The minimum absolute atomic E-state index is 0.0362. The van der Waals surface area contributed by atoms with E-state index in [1.54, 1.807) is 0 Å². The number of carbonyl (C=O) groups is 1. The van der Waals surface area contributed by atoms with Crippen LogP contribution in [0.3, 0.4) is 0 Å². The molecule has 0 saturated carbocycles. The van der Waals surface area contributed by atoms with Crippen molar-refractivity contribution in [2.75, 3.05) is 6.54 Å². The summed E-state index contributed by atoms with van der Waals surface area (Å²) in [7, 11) is 0. The van der Waals surface area contributed by atoms with E-state index in [1.165, 1.54) is 11.1 Å². The first-order chi connectivity index (χ1) is 11.7. The van der Waals surface area contributed by atoms with Gasteiger partial charge in [0.2, 0.25) is 5.91 Å². The maximum Gasteiger partial charge on any atom is 0.237 e. The number of carbonyl (C=O) groups excluding carboxylic acids is 1. The quantitative estimate of drug-likeness (QED) is 0.854. The van der Waals surface area contributed by atoms with Gasteiger partial charge in [0.1, 0.15) is 6.42 Å². The fraction of sp³-hybridized carbons (Fsp3) is 0.421. The third kappa shape index (κ3) is 2.22. The molecule has 5 nitrogen and oxygen atoms in total. The Morgan fingerprint density at radius 3 is 3.21 bits per heavy atom. The van der Waals surface area contributed by atoms with Gasteiger partial charge in [-0.2, -0.15) is 5.26 Å². The number of allylic oxidation sites excluding steroid dienone is 1. The molecule has 1 aliphatic carbocycles. The lowest BCUT2D eigenvalue weighted by Gasteiger charge is -2.40. The van der Waals surface area contributed by atoms with Crippen LogP contribution < -0.4 is 0 Å². The average molecular weight is 320 g/mol. The van der Waals surface area contributed by atoms with Crippen LogP contribution >= 0.6 is 0 Å². The standard InChI is InChI=1S/C19H20N4O/c1-13-17(6-3-10-22(13)18(24)7-9-20)23-11-8-14-12-21-16-5-2-4-15(16)19(14)23/h2,4,8,11-13,17H,3,5-7,10H2,1H3/t13-,17-/m1/s1. The van der Waals surface area contributed by atoms with Crippen molar-refractivity contribution in [3.8, 4) is 6.07 Å². The van der Waals surface area contributed by atoms with Crippen LogP contribution in [0, 0.1) is 11.3 Å². The summed E-state index contributed by atoms with van der Waals surface area (Å²) in [6, 6.07) is 4.41. The van der Waals surface area contributed by atoms with Crippen LogP contribution in [-0.4, -0.2) is 32.9 Å². The number of hydrogen-bond donors (Lipinski definition) is 0. The van der Waals surface area contributed by atoms with Crippen molar-refractivity contribution in [2.45, 2.75) is 44.7 Å². The van der Waals surface area contributed by atoms with Crippen LogP contribution in [0.4, 0.5) is 0 Å². The van der Waals surface area contributed by atoms with Crippen LogP contribution in [0.25, 0.3) is 17.0 Å². The number of nitriles is 1. The molecular weight excluding hydrogens is 300 g/mol. The Bertz CT molecular complexity index is 873. The van der Waals surface area contributed by atoms with E-state index in [4.69, 9.17) is 5.26 Å². The maximum absolute atomic E-state index is 12.2. The zero-order valence-electron chi connectivity index (χ0n) is 13.8. The lowest BCUT2D eigenvalue weighted by molar-refractivity contribution is -0.134. The first kappa shape index (κ1) is 14.9. The average Bonchev–Trinajstić information content (AvgIpc) is 3.21. The molecule has 5 heteroatoms. The second-order valence-corrected chi connectivity index (χ2v) is 6.62. The van der Waals surface area contributed by atoms with Gasteiger partial charge < -0.3 is 9.47 Å². The number of rotatable bonds is 2. The molecular formula is C19H20N4O. The summed E-state index contributed by atoms with van der Waals surface area (Å²) in [4.78, 5) is 18.7. The Labute approximate surface area is 141 Å². The van der Waals surface area contributed by atoms with E-state index in [9.17, 15) is 4.79 Å². The Morgan fingerprint density at radius 1 is 1.50 bits per heavy atom. The third-order valence-corrected chi connectivity index (χ3v) is 5.32. The van der Waals surface area contributed by atoms with Crippen LogP contribution in [0.1, 0.15) is 43.5 Å². The van der Waals surface area contributed by atoms with Crippen molar-refractivity contribution in [3.05, 3.63) is 35.8 Å². The van der Waals surface area contributed by atoms with Gasteiger partial charge in [-0.1, -0.05) is 12.2 Å². The summed E-state index contributed by atoms with van der Waals surface area (Å²) in [5, 5.41) is 9.98. The van der Waals surface area contributed by atoms with Crippen molar-refractivity contribution in [1.82, 2.24) is 14.5 Å². The molecule has 1 aliphatic heterocycles. The summed E-state index contributed by atoms with van der Waals surface area (Å²) < 4.78 is 2.32. The molecule has 0 unspecified atom stereocenters. The van der Waals surface area contributed by atoms with E-state index >= 15 is 0 Å². The van der Waals surface area contributed by atoms with Gasteiger partial charge in [0.05, 0.1) is 23.3 Å². The second-order valence-electron chi connectivity index (χ2n) is 6.62. The molecule has 0 aromatic carbocycles. The fourth-order valence-corrected chi connectivity index (χ4v) is 4.13. The number of fused-ring (bicyclic) bond motifs is 3. The highest BCUT2D eigenvalue weighted by Gasteiger charge is 2.32. The molecule has 0 N–H and O–H groups in total. The highest BCUT2D eigenvalue weighted by Crippen LogP contribution is 2.35. The molecule has 2 aromatic rings. The smallest absolute Gasteiger partial charge is 0.237 e. The van der Waals surface area contributed by atoms with Crippen molar-refractivity contribution in [2.24, 2.45) is 0 Å². The molecule has 2 atom stereocenters. The highest BCUT2D eigenvalue weighted by atomic mass is 16.2. The van der Waals surface area contributed by atoms with Gasteiger partial charge in [-0.05, 0) is 25.8 Å². The van der Waals surface area contributed by atoms with Crippen LogP contribution in [0.2, 0.25) is 0 Å². The van der Waals surface area contributed by atoms with E-state index in [0.29, 0.717) is 0 Å². The monoisotopic (exact) mass is 320 g/mol. The first-order valence-electron chi connectivity index (χ1n) is 8.52.